The standard InChI is InChI=1S/C14H15N3OS/c1-2-19(18)8-7-16-14-12(10-15)9-11-5-3-4-6-13(11)17-14/h3-6,9H,2,7-8H2,1H3,(H,16,17). The number of nitrogens with one attached hydrogen (secondary N) is 1. The van der Waals surface area contributed by atoms with Crippen molar-refractivity contribution in [3.63, 3.8) is 0 Å². The van der Waals surface area contributed by atoms with Crippen LogP contribution in [-0.4, -0.2) is 27.2 Å². The molecule has 0 fully saturated rings. The van der Waals surface area contributed by atoms with Gasteiger partial charge in [-0.15, -0.1) is 0 Å². The molecule has 2 rings (SSSR count). The third-order valence-electron chi connectivity index (χ3n) is 2.79. The number of fused-ring (bicyclic) bond motifs is 1. The smallest absolute Gasteiger partial charge is 0.144 e. The van der Waals surface area contributed by atoms with Crippen molar-refractivity contribution < 1.29 is 4.21 Å². The zero-order valence-electron chi connectivity index (χ0n) is 10.7. The minimum absolute atomic E-state index is 0.515. The summed E-state index contributed by atoms with van der Waals surface area (Å²) in [5, 5.41) is 13.2. The quantitative estimate of drug-likeness (QED) is 0.907. The van der Waals surface area contributed by atoms with Crippen LogP contribution < -0.4 is 5.32 Å². The lowest BCUT2D eigenvalue weighted by Gasteiger charge is -2.08. The molecule has 1 N–H and O–H groups in total. The summed E-state index contributed by atoms with van der Waals surface area (Å²) < 4.78 is 11.4. The van der Waals surface area contributed by atoms with Crippen LogP contribution in [0.2, 0.25) is 0 Å². The first-order chi connectivity index (χ1) is 9.24. The molecule has 1 atom stereocenters. The maximum atomic E-state index is 11.4. The van der Waals surface area contributed by atoms with E-state index in [1.54, 1.807) is 0 Å². The molecule has 0 spiro atoms. The van der Waals surface area contributed by atoms with E-state index in [4.69, 9.17) is 5.26 Å². The summed E-state index contributed by atoms with van der Waals surface area (Å²) in [6.07, 6.45) is 0. The number of rotatable bonds is 5. The first-order valence-electron chi connectivity index (χ1n) is 6.13. The molecule has 98 valence electrons. The largest absolute Gasteiger partial charge is 0.368 e. The molecule has 0 radical (unpaired) electrons. The number of nitriles is 1. The molecule has 1 aromatic heterocycles. The summed E-state index contributed by atoms with van der Waals surface area (Å²) in [6.45, 7) is 2.45. The Hall–Kier alpha value is -1.93. The zero-order valence-corrected chi connectivity index (χ0v) is 11.5. The van der Waals surface area contributed by atoms with E-state index >= 15 is 0 Å². The van der Waals surface area contributed by atoms with E-state index in [-0.39, 0.29) is 0 Å². The highest BCUT2D eigenvalue weighted by Crippen LogP contribution is 2.19. The van der Waals surface area contributed by atoms with Crippen LogP contribution in [-0.2, 0) is 10.8 Å². The fourth-order valence-corrected chi connectivity index (χ4v) is 2.38. The van der Waals surface area contributed by atoms with Gasteiger partial charge < -0.3 is 5.32 Å². The van der Waals surface area contributed by atoms with Crippen molar-refractivity contribution in [1.82, 2.24) is 4.98 Å². The number of nitrogens with zero attached hydrogens (tertiary/aromatic N) is 2. The highest BCUT2D eigenvalue weighted by Gasteiger charge is 2.06. The Morgan fingerprint density at radius 1 is 1.42 bits per heavy atom. The summed E-state index contributed by atoms with van der Waals surface area (Å²) >= 11 is 0. The minimum atomic E-state index is -0.810. The molecule has 1 aromatic carbocycles. The first kappa shape index (κ1) is 13.5. The van der Waals surface area contributed by atoms with Crippen molar-refractivity contribution in [2.24, 2.45) is 0 Å². The number of benzene rings is 1. The monoisotopic (exact) mass is 273 g/mol. The molecule has 0 bridgehead atoms. The molecule has 5 heteroatoms. The Kier molecular flexibility index (Phi) is 4.48. The Balaban J connectivity index is 2.22. The van der Waals surface area contributed by atoms with Crippen LogP contribution in [0.15, 0.2) is 30.3 Å². The van der Waals surface area contributed by atoms with Crippen LogP contribution in [0.1, 0.15) is 12.5 Å². The van der Waals surface area contributed by atoms with Crippen molar-refractivity contribution in [2.45, 2.75) is 6.92 Å². The van der Waals surface area contributed by atoms with Gasteiger partial charge in [0.05, 0.1) is 11.1 Å². The van der Waals surface area contributed by atoms with Gasteiger partial charge in [-0.05, 0) is 12.1 Å². The molecule has 0 aliphatic carbocycles. The fraction of sp³-hybridized carbons (Fsp3) is 0.286. The third-order valence-corrected chi connectivity index (χ3v) is 4.09. The predicted molar refractivity (Wildman–Crippen MR) is 78.5 cm³/mol. The zero-order chi connectivity index (χ0) is 13.7. The van der Waals surface area contributed by atoms with Gasteiger partial charge in [-0.25, -0.2) is 4.98 Å². The third kappa shape index (κ3) is 3.30. The van der Waals surface area contributed by atoms with E-state index in [1.165, 1.54) is 0 Å². The summed E-state index contributed by atoms with van der Waals surface area (Å²) in [4.78, 5) is 4.44. The van der Waals surface area contributed by atoms with Crippen molar-refractivity contribution in [2.75, 3.05) is 23.4 Å². The lowest BCUT2D eigenvalue weighted by Crippen LogP contribution is -2.13. The van der Waals surface area contributed by atoms with E-state index in [1.807, 2.05) is 37.3 Å². The molecule has 2 aromatic rings. The first-order valence-corrected chi connectivity index (χ1v) is 7.62. The van der Waals surface area contributed by atoms with Gasteiger partial charge in [-0.1, -0.05) is 25.1 Å². The minimum Gasteiger partial charge on any atom is -0.368 e. The number of anilines is 1. The highest BCUT2D eigenvalue weighted by atomic mass is 32.2. The van der Waals surface area contributed by atoms with Gasteiger partial charge in [0.2, 0.25) is 0 Å². The molecule has 0 saturated heterocycles. The van der Waals surface area contributed by atoms with Gasteiger partial charge in [0, 0.05) is 34.2 Å². The van der Waals surface area contributed by atoms with E-state index < -0.39 is 10.8 Å². The number of pyridine rings is 1. The van der Waals surface area contributed by atoms with Crippen molar-refractivity contribution >= 4 is 27.5 Å². The number of hydrogen-bond donors (Lipinski definition) is 1. The summed E-state index contributed by atoms with van der Waals surface area (Å²) in [5.74, 6) is 1.78. The Morgan fingerprint density at radius 3 is 2.95 bits per heavy atom. The van der Waals surface area contributed by atoms with Crippen LogP contribution >= 0.6 is 0 Å². The normalized spacial score (nSPS) is 12.0. The van der Waals surface area contributed by atoms with Crippen LogP contribution in [0.25, 0.3) is 10.9 Å². The second-order valence-corrected chi connectivity index (χ2v) is 5.91. The Morgan fingerprint density at radius 2 is 2.21 bits per heavy atom. The van der Waals surface area contributed by atoms with Gasteiger partial charge in [-0.2, -0.15) is 5.26 Å². The molecule has 0 amide bonds. The second kappa shape index (κ2) is 6.30. The molecule has 0 aliphatic rings. The van der Waals surface area contributed by atoms with E-state index in [0.29, 0.717) is 29.4 Å². The van der Waals surface area contributed by atoms with Gasteiger partial charge in [0.1, 0.15) is 11.9 Å². The molecular weight excluding hydrogens is 258 g/mol. The van der Waals surface area contributed by atoms with E-state index in [9.17, 15) is 4.21 Å². The molecule has 19 heavy (non-hydrogen) atoms. The van der Waals surface area contributed by atoms with Gasteiger partial charge in [0.25, 0.3) is 0 Å². The van der Waals surface area contributed by atoms with Crippen LogP contribution in [0.5, 0.6) is 0 Å². The second-order valence-electron chi connectivity index (χ2n) is 4.05. The lowest BCUT2D eigenvalue weighted by molar-refractivity contribution is 0.684. The molecule has 0 saturated carbocycles. The maximum Gasteiger partial charge on any atom is 0.144 e. The van der Waals surface area contributed by atoms with Gasteiger partial charge >= 0.3 is 0 Å². The van der Waals surface area contributed by atoms with Crippen molar-refractivity contribution in [1.29, 1.82) is 5.26 Å². The van der Waals surface area contributed by atoms with Gasteiger partial charge in [0.15, 0.2) is 0 Å². The highest BCUT2D eigenvalue weighted by molar-refractivity contribution is 7.84. The van der Waals surface area contributed by atoms with E-state index in [2.05, 4.69) is 16.4 Å². The number of aromatic nitrogens is 1. The Bertz CT molecular complexity index is 649. The summed E-state index contributed by atoms with van der Waals surface area (Å²) in [7, 11) is -0.810. The van der Waals surface area contributed by atoms with Crippen LogP contribution in [0, 0.1) is 11.3 Å². The van der Waals surface area contributed by atoms with Crippen LogP contribution in [0.3, 0.4) is 0 Å². The predicted octanol–water partition coefficient (Wildman–Crippen LogP) is 2.29. The number of para-hydroxylation sites is 1. The average Bonchev–Trinajstić information content (AvgIpc) is 2.46. The molecule has 0 aliphatic heterocycles. The number of hydrogen-bond acceptors (Lipinski definition) is 4. The van der Waals surface area contributed by atoms with Crippen molar-refractivity contribution in [3.8, 4) is 6.07 Å². The van der Waals surface area contributed by atoms with Crippen LogP contribution in [0.4, 0.5) is 5.82 Å². The molecular formula is C14H15N3OS. The van der Waals surface area contributed by atoms with Gasteiger partial charge in [-0.3, -0.25) is 4.21 Å². The average molecular weight is 273 g/mol. The topological polar surface area (TPSA) is 65.8 Å². The Labute approximate surface area is 114 Å². The summed E-state index contributed by atoms with van der Waals surface area (Å²) in [6, 6.07) is 11.6. The lowest BCUT2D eigenvalue weighted by atomic mass is 10.1. The SMILES string of the molecule is CCS(=O)CCNc1nc2ccccc2cc1C#N. The maximum absolute atomic E-state index is 11.4. The summed E-state index contributed by atoms with van der Waals surface area (Å²) in [5.41, 5.74) is 1.36. The molecule has 1 unspecified atom stereocenters. The van der Waals surface area contributed by atoms with Crippen molar-refractivity contribution in [3.05, 3.63) is 35.9 Å². The molecule has 1 heterocycles. The fourth-order valence-electron chi connectivity index (χ4n) is 1.76. The van der Waals surface area contributed by atoms with E-state index in [0.717, 1.165) is 10.9 Å². The molecule has 4 nitrogen and oxygen atoms in total.